The van der Waals surface area contributed by atoms with Gasteiger partial charge in [0, 0.05) is 30.3 Å². The van der Waals surface area contributed by atoms with Crippen molar-refractivity contribution in [1.29, 1.82) is 0 Å². The lowest BCUT2D eigenvalue weighted by Gasteiger charge is -2.28. The Bertz CT molecular complexity index is 501. The number of nitrogens with one attached hydrogen (secondary N) is 1. The molecule has 1 aromatic rings. The molecule has 1 amide bonds. The molecule has 1 aromatic heterocycles. The lowest BCUT2D eigenvalue weighted by Crippen LogP contribution is -2.35. The van der Waals surface area contributed by atoms with Crippen molar-refractivity contribution in [2.45, 2.75) is 53.5 Å². The van der Waals surface area contributed by atoms with Crippen LogP contribution in [0.25, 0.3) is 0 Å². The third-order valence-electron chi connectivity index (χ3n) is 3.66. The second kappa shape index (κ2) is 6.41. The molecule has 5 nitrogen and oxygen atoms in total. The molecule has 2 heterocycles. The molecule has 5 heteroatoms. The molecule has 0 aliphatic carbocycles. The van der Waals surface area contributed by atoms with Gasteiger partial charge in [-0.3, -0.25) is 4.79 Å². The summed E-state index contributed by atoms with van der Waals surface area (Å²) in [4.78, 5) is 23.3. The highest BCUT2D eigenvalue weighted by atomic mass is 16.2. The van der Waals surface area contributed by atoms with E-state index in [2.05, 4.69) is 20.2 Å². The van der Waals surface area contributed by atoms with Crippen LogP contribution < -0.4 is 10.2 Å². The molecule has 1 aliphatic heterocycles. The summed E-state index contributed by atoms with van der Waals surface area (Å²) in [6.45, 7) is 10.2. The highest BCUT2D eigenvalue weighted by molar-refractivity contribution is 5.81. The Morgan fingerprint density at radius 1 is 1.24 bits per heavy atom. The SMILES string of the molecule is Cc1cc(N2CCCCC2)nc(CNC(=O)C(C)(C)C)n1. The molecule has 1 fully saturated rings. The highest BCUT2D eigenvalue weighted by Gasteiger charge is 2.21. The largest absolute Gasteiger partial charge is 0.357 e. The first kappa shape index (κ1) is 15.7. The average Bonchev–Trinajstić information content (AvgIpc) is 2.44. The first-order valence-electron chi connectivity index (χ1n) is 7.74. The summed E-state index contributed by atoms with van der Waals surface area (Å²) < 4.78 is 0. The summed E-state index contributed by atoms with van der Waals surface area (Å²) in [7, 11) is 0. The molecule has 2 rings (SSSR count). The van der Waals surface area contributed by atoms with Gasteiger partial charge >= 0.3 is 0 Å². The molecule has 21 heavy (non-hydrogen) atoms. The summed E-state index contributed by atoms with van der Waals surface area (Å²) >= 11 is 0. The molecule has 1 aliphatic rings. The topological polar surface area (TPSA) is 58.1 Å². The Balaban J connectivity index is 2.06. The van der Waals surface area contributed by atoms with Crippen LogP contribution in [0.2, 0.25) is 0 Å². The van der Waals surface area contributed by atoms with Crippen LogP contribution in [0, 0.1) is 12.3 Å². The van der Waals surface area contributed by atoms with Crippen molar-refractivity contribution in [3.63, 3.8) is 0 Å². The van der Waals surface area contributed by atoms with E-state index < -0.39 is 0 Å². The van der Waals surface area contributed by atoms with Gasteiger partial charge in [-0.1, -0.05) is 20.8 Å². The Hall–Kier alpha value is -1.65. The van der Waals surface area contributed by atoms with Gasteiger partial charge in [-0.15, -0.1) is 0 Å². The monoisotopic (exact) mass is 290 g/mol. The number of amides is 1. The smallest absolute Gasteiger partial charge is 0.225 e. The van der Waals surface area contributed by atoms with Crippen molar-refractivity contribution in [3.05, 3.63) is 17.6 Å². The van der Waals surface area contributed by atoms with Crippen molar-refractivity contribution in [2.24, 2.45) is 5.41 Å². The molecule has 1 saturated heterocycles. The fourth-order valence-corrected chi connectivity index (χ4v) is 2.40. The van der Waals surface area contributed by atoms with Gasteiger partial charge in [0.05, 0.1) is 6.54 Å². The van der Waals surface area contributed by atoms with Gasteiger partial charge in [0.1, 0.15) is 11.6 Å². The van der Waals surface area contributed by atoms with Crippen LogP contribution in [0.3, 0.4) is 0 Å². The van der Waals surface area contributed by atoms with E-state index in [1.165, 1.54) is 19.3 Å². The number of hydrogen-bond acceptors (Lipinski definition) is 4. The number of aromatic nitrogens is 2. The molecule has 0 spiro atoms. The molecular weight excluding hydrogens is 264 g/mol. The number of nitrogens with zero attached hydrogens (tertiary/aromatic N) is 3. The van der Waals surface area contributed by atoms with Gasteiger partial charge in [0.2, 0.25) is 5.91 Å². The van der Waals surface area contributed by atoms with Gasteiger partial charge in [0.25, 0.3) is 0 Å². The van der Waals surface area contributed by atoms with Gasteiger partial charge in [-0.25, -0.2) is 9.97 Å². The van der Waals surface area contributed by atoms with Gasteiger partial charge in [0.15, 0.2) is 0 Å². The summed E-state index contributed by atoms with van der Waals surface area (Å²) in [6.07, 6.45) is 3.74. The Morgan fingerprint density at radius 2 is 1.90 bits per heavy atom. The van der Waals surface area contributed by atoms with E-state index in [-0.39, 0.29) is 11.3 Å². The van der Waals surface area contributed by atoms with Crippen LogP contribution in [-0.2, 0) is 11.3 Å². The third-order valence-corrected chi connectivity index (χ3v) is 3.66. The lowest BCUT2D eigenvalue weighted by molar-refractivity contribution is -0.128. The Kier molecular flexibility index (Phi) is 4.80. The molecule has 1 N–H and O–H groups in total. The average molecular weight is 290 g/mol. The maximum atomic E-state index is 11.9. The number of anilines is 1. The number of hydrogen-bond donors (Lipinski definition) is 1. The van der Waals surface area contributed by atoms with Crippen molar-refractivity contribution < 1.29 is 4.79 Å². The van der Waals surface area contributed by atoms with Crippen molar-refractivity contribution in [3.8, 4) is 0 Å². The first-order valence-corrected chi connectivity index (χ1v) is 7.74. The maximum Gasteiger partial charge on any atom is 0.225 e. The molecule has 0 bridgehead atoms. The quantitative estimate of drug-likeness (QED) is 0.929. The van der Waals surface area contributed by atoms with E-state index in [0.717, 1.165) is 24.6 Å². The summed E-state index contributed by atoms with van der Waals surface area (Å²) in [5.41, 5.74) is 0.560. The molecular formula is C16H26N4O. The fraction of sp³-hybridized carbons (Fsp3) is 0.688. The van der Waals surface area contributed by atoms with Gasteiger partial charge in [-0.05, 0) is 26.2 Å². The van der Waals surface area contributed by atoms with Crippen LogP contribution >= 0.6 is 0 Å². The van der Waals surface area contributed by atoms with E-state index in [4.69, 9.17) is 0 Å². The van der Waals surface area contributed by atoms with E-state index in [1.807, 2.05) is 33.8 Å². The second-order valence-corrected chi connectivity index (χ2v) is 6.76. The van der Waals surface area contributed by atoms with Crippen molar-refractivity contribution in [1.82, 2.24) is 15.3 Å². The van der Waals surface area contributed by atoms with E-state index in [9.17, 15) is 4.79 Å². The van der Waals surface area contributed by atoms with E-state index >= 15 is 0 Å². The molecule has 0 atom stereocenters. The number of carbonyl (C=O) groups is 1. The minimum Gasteiger partial charge on any atom is -0.357 e. The van der Waals surface area contributed by atoms with Crippen molar-refractivity contribution >= 4 is 11.7 Å². The number of carbonyl (C=O) groups excluding carboxylic acids is 1. The zero-order valence-electron chi connectivity index (χ0n) is 13.6. The standard InChI is InChI=1S/C16H26N4O/c1-12-10-14(20-8-6-5-7-9-20)19-13(18-12)11-17-15(21)16(2,3)4/h10H,5-9,11H2,1-4H3,(H,17,21). The summed E-state index contributed by atoms with van der Waals surface area (Å²) in [5, 5.41) is 2.91. The van der Waals surface area contributed by atoms with Crippen molar-refractivity contribution in [2.75, 3.05) is 18.0 Å². The Labute approximate surface area is 127 Å². The fourth-order valence-electron chi connectivity index (χ4n) is 2.40. The number of rotatable bonds is 3. The van der Waals surface area contributed by atoms with E-state index in [0.29, 0.717) is 12.4 Å². The molecule has 0 saturated carbocycles. The summed E-state index contributed by atoms with van der Waals surface area (Å²) in [5.74, 6) is 1.70. The first-order chi connectivity index (χ1) is 9.86. The van der Waals surface area contributed by atoms with Gasteiger partial charge < -0.3 is 10.2 Å². The van der Waals surface area contributed by atoms with E-state index in [1.54, 1.807) is 0 Å². The Morgan fingerprint density at radius 3 is 2.52 bits per heavy atom. The van der Waals surface area contributed by atoms with Crippen LogP contribution in [0.1, 0.15) is 51.6 Å². The van der Waals surface area contributed by atoms with Crippen LogP contribution in [0.15, 0.2) is 6.07 Å². The van der Waals surface area contributed by atoms with Crippen LogP contribution in [0.4, 0.5) is 5.82 Å². The molecule has 0 aromatic carbocycles. The molecule has 0 unspecified atom stereocenters. The van der Waals surface area contributed by atoms with Crippen LogP contribution in [-0.4, -0.2) is 29.0 Å². The molecule has 0 radical (unpaired) electrons. The minimum absolute atomic E-state index is 0.0205. The number of piperidine rings is 1. The van der Waals surface area contributed by atoms with Gasteiger partial charge in [-0.2, -0.15) is 0 Å². The maximum absolute atomic E-state index is 11.9. The highest BCUT2D eigenvalue weighted by Crippen LogP contribution is 2.18. The molecule has 116 valence electrons. The summed E-state index contributed by atoms with van der Waals surface area (Å²) in [6, 6.07) is 2.03. The lowest BCUT2D eigenvalue weighted by atomic mass is 9.96. The second-order valence-electron chi connectivity index (χ2n) is 6.76. The zero-order valence-corrected chi connectivity index (χ0v) is 13.6. The van der Waals surface area contributed by atoms with Crippen LogP contribution in [0.5, 0.6) is 0 Å². The normalized spacial score (nSPS) is 15.9. The zero-order chi connectivity index (χ0) is 15.5. The predicted octanol–water partition coefficient (Wildman–Crippen LogP) is 2.44. The minimum atomic E-state index is -0.389. The predicted molar refractivity (Wildman–Crippen MR) is 84.1 cm³/mol. The number of aryl methyl sites for hydroxylation is 1. The third kappa shape index (κ3) is 4.41.